The molecule has 2 aliphatic rings. The van der Waals surface area contributed by atoms with Crippen molar-refractivity contribution in [2.45, 2.75) is 0 Å². The summed E-state index contributed by atoms with van der Waals surface area (Å²) >= 11 is 0. The van der Waals surface area contributed by atoms with Gasteiger partial charge in [0.25, 0.3) is 6.71 Å². The first-order valence-electron chi connectivity index (χ1n) is 20.2. The molecule has 0 spiro atoms. The average Bonchev–Trinajstić information content (AvgIpc) is 3.82. The smallest absolute Gasteiger partial charge is 0.260 e. The van der Waals surface area contributed by atoms with Crippen molar-refractivity contribution in [3.8, 4) is 56.6 Å². The van der Waals surface area contributed by atoms with Gasteiger partial charge in [-0.2, -0.15) is 0 Å². The largest absolute Gasteiger partial charge is 0.458 e. The number of benzene rings is 9. The molecule has 4 heterocycles. The molecular formula is C54H33BN2O2. The van der Waals surface area contributed by atoms with Crippen molar-refractivity contribution in [2.24, 2.45) is 0 Å². The van der Waals surface area contributed by atoms with Gasteiger partial charge >= 0.3 is 0 Å². The third kappa shape index (κ3) is 4.79. The second-order valence-corrected chi connectivity index (χ2v) is 15.7. The summed E-state index contributed by atoms with van der Waals surface area (Å²) in [5, 5.41) is 4.88. The van der Waals surface area contributed by atoms with Crippen LogP contribution in [0.15, 0.2) is 200 Å². The highest BCUT2D eigenvalue weighted by molar-refractivity contribution is 6.98. The molecule has 0 amide bonds. The quantitative estimate of drug-likeness (QED) is 0.168. The normalized spacial score (nSPS) is 12.6. The van der Waals surface area contributed by atoms with Gasteiger partial charge in [-0.05, 0) is 81.7 Å². The first-order chi connectivity index (χ1) is 29.2. The predicted octanol–water partition coefficient (Wildman–Crippen LogP) is 11.9. The third-order valence-corrected chi connectivity index (χ3v) is 12.4. The molecule has 274 valence electrons. The summed E-state index contributed by atoms with van der Waals surface area (Å²) in [6.45, 7) is -0.0826. The Hall–Kier alpha value is -7.76. The SMILES string of the molecule is c1ccc(-c2ccc3c(c2)B2c4cc(-c5ccccc5)ccc4Oc4cc(-n5c6ccccc6c6cc(-n7c8ccccc8c8ccccc87)ccc65)cc(c42)O3)cc1. The van der Waals surface area contributed by atoms with Gasteiger partial charge in [-0.1, -0.05) is 140 Å². The number of aromatic nitrogens is 2. The van der Waals surface area contributed by atoms with Crippen LogP contribution in [0.3, 0.4) is 0 Å². The van der Waals surface area contributed by atoms with Gasteiger partial charge in [-0.3, -0.25) is 0 Å². The van der Waals surface area contributed by atoms with Crippen LogP contribution in [0.1, 0.15) is 0 Å². The monoisotopic (exact) mass is 752 g/mol. The zero-order valence-electron chi connectivity index (χ0n) is 31.8. The molecular weight excluding hydrogens is 719 g/mol. The molecule has 4 nitrogen and oxygen atoms in total. The van der Waals surface area contributed by atoms with Crippen molar-refractivity contribution in [3.63, 3.8) is 0 Å². The highest BCUT2D eigenvalue weighted by Gasteiger charge is 2.41. The lowest BCUT2D eigenvalue weighted by Gasteiger charge is -2.34. The molecule has 0 bridgehead atoms. The summed E-state index contributed by atoms with van der Waals surface area (Å²) in [4.78, 5) is 0. The zero-order chi connectivity index (χ0) is 38.6. The average molecular weight is 753 g/mol. The number of rotatable bonds is 4. The maximum Gasteiger partial charge on any atom is 0.260 e. The minimum absolute atomic E-state index is 0.0826. The third-order valence-electron chi connectivity index (χ3n) is 12.4. The fraction of sp³-hybridized carbons (Fsp3) is 0. The fourth-order valence-electron chi connectivity index (χ4n) is 9.82. The number of hydrogen-bond acceptors (Lipinski definition) is 2. The molecule has 59 heavy (non-hydrogen) atoms. The van der Waals surface area contributed by atoms with E-state index in [1.807, 2.05) is 0 Å². The van der Waals surface area contributed by atoms with Crippen molar-refractivity contribution >= 4 is 66.7 Å². The van der Waals surface area contributed by atoms with Crippen LogP contribution in [0.25, 0.3) is 77.2 Å². The van der Waals surface area contributed by atoms with E-state index in [-0.39, 0.29) is 6.71 Å². The topological polar surface area (TPSA) is 28.3 Å². The first kappa shape index (κ1) is 32.3. The summed E-state index contributed by atoms with van der Waals surface area (Å²) in [7, 11) is 0. The Labute approximate surface area is 340 Å². The van der Waals surface area contributed by atoms with Crippen LogP contribution in [-0.2, 0) is 0 Å². The number of nitrogens with zero attached hydrogens (tertiary/aromatic N) is 2. The zero-order valence-corrected chi connectivity index (χ0v) is 31.8. The van der Waals surface area contributed by atoms with Gasteiger partial charge in [0.05, 0.1) is 27.8 Å². The van der Waals surface area contributed by atoms with Crippen molar-refractivity contribution in [1.82, 2.24) is 9.13 Å². The lowest BCUT2D eigenvalue weighted by molar-refractivity contribution is 0.464. The molecule has 0 saturated heterocycles. The molecule has 11 aromatic rings. The molecule has 5 heteroatoms. The Bertz CT molecular complexity index is 3340. The highest BCUT2D eigenvalue weighted by Crippen LogP contribution is 2.42. The number of ether oxygens (including phenoxy) is 2. The van der Waals surface area contributed by atoms with Gasteiger partial charge < -0.3 is 18.6 Å². The maximum atomic E-state index is 6.96. The van der Waals surface area contributed by atoms with Crippen LogP contribution in [0, 0.1) is 0 Å². The molecule has 0 unspecified atom stereocenters. The Kier molecular flexibility index (Phi) is 6.78. The molecule has 9 aromatic carbocycles. The van der Waals surface area contributed by atoms with Crippen LogP contribution >= 0.6 is 0 Å². The highest BCUT2D eigenvalue weighted by atomic mass is 16.5. The van der Waals surface area contributed by atoms with E-state index in [1.165, 1.54) is 43.7 Å². The summed E-state index contributed by atoms with van der Waals surface area (Å²) in [5.41, 5.74) is 14.7. The van der Waals surface area contributed by atoms with E-state index in [1.54, 1.807) is 0 Å². The van der Waals surface area contributed by atoms with E-state index in [9.17, 15) is 0 Å². The standard InChI is InChI=1S/C54H33BN2O2/c1-3-13-34(14-4-1)36-23-27-50-44(29-36)55-45-30-37(35-15-5-2-6-16-35)24-28-51(45)59-53-33-39(32-52(58-50)54(53)55)57-48-22-12-9-19-42(48)43-31-38(25-26-49(43)57)56-46-20-10-7-17-40(46)41-18-8-11-21-47(41)56/h1-33H. The maximum absolute atomic E-state index is 6.96. The molecule has 0 radical (unpaired) electrons. The molecule has 0 atom stereocenters. The van der Waals surface area contributed by atoms with Crippen LogP contribution in [0.5, 0.6) is 23.0 Å². The number of fused-ring (bicyclic) bond motifs is 10. The minimum Gasteiger partial charge on any atom is -0.458 e. The molecule has 0 fully saturated rings. The van der Waals surface area contributed by atoms with Gasteiger partial charge in [0, 0.05) is 44.8 Å². The van der Waals surface area contributed by atoms with Crippen LogP contribution in [0.4, 0.5) is 0 Å². The van der Waals surface area contributed by atoms with Gasteiger partial charge in [-0.25, -0.2) is 0 Å². The second-order valence-electron chi connectivity index (χ2n) is 15.7. The van der Waals surface area contributed by atoms with Gasteiger partial charge in [0.1, 0.15) is 23.0 Å². The minimum atomic E-state index is -0.0826. The second kappa shape index (κ2) is 12.4. The summed E-state index contributed by atoms with van der Waals surface area (Å²) in [6, 6.07) is 71.8. The molecule has 0 saturated carbocycles. The lowest BCUT2D eigenvalue weighted by Crippen LogP contribution is -2.57. The van der Waals surface area contributed by atoms with Crippen molar-refractivity contribution in [1.29, 1.82) is 0 Å². The predicted molar refractivity (Wildman–Crippen MR) is 244 cm³/mol. The Morgan fingerprint density at radius 3 is 1.27 bits per heavy atom. The Morgan fingerprint density at radius 2 is 0.746 bits per heavy atom. The van der Waals surface area contributed by atoms with E-state index in [2.05, 4.69) is 209 Å². The Balaban J connectivity index is 1.02. The molecule has 2 aromatic heterocycles. The fourth-order valence-corrected chi connectivity index (χ4v) is 9.82. The molecule has 2 aliphatic heterocycles. The number of para-hydroxylation sites is 3. The lowest BCUT2D eigenvalue weighted by atomic mass is 9.34. The van der Waals surface area contributed by atoms with E-state index >= 15 is 0 Å². The van der Waals surface area contributed by atoms with E-state index in [0.717, 1.165) is 72.9 Å². The van der Waals surface area contributed by atoms with Gasteiger partial charge in [0.2, 0.25) is 0 Å². The van der Waals surface area contributed by atoms with E-state index in [4.69, 9.17) is 9.47 Å². The molecule has 13 rings (SSSR count). The number of hydrogen-bond donors (Lipinski definition) is 0. The molecule has 0 N–H and O–H groups in total. The molecule has 0 aliphatic carbocycles. The van der Waals surface area contributed by atoms with Crippen LogP contribution < -0.4 is 25.9 Å². The summed E-state index contributed by atoms with van der Waals surface area (Å²) in [5.74, 6) is 3.35. The van der Waals surface area contributed by atoms with Crippen molar-refractivity contribution < 1.29 is 9.47 Å². The van der Waals surface area contributed by atoms with Crippen molar-refractivity contribution in [3.05, 3.63) is 200 Å². The summed E-state index contributed by atoms with van der Waals surface area (Å²) < 4.78 is 18.7. The van der Waals surface area contributed by atoms with Crippen LogP contribution in [0.2, 0.25) is 0 Å². The van der Waals surface area contributed by atoms with Crippen LogP contribution in [-0.4, -0.2) is 15.8 Å². The summed E-state index contributed by atoms with van der Waals surface area (Å²) in [6.07, 6.45) is 0. The van der Waals surface area contributed by atoms with Crippen molar-refractivity contribution in [2.75, 3.05) is 0 Å². The Morgan fingerprint density at radius 1 is 0.305 bits per heavy atom. The van der Waals surface area contributed by atoms with Gasteiger partial charge in [-0.15, -0.1) is 0 Å². The first-order valence-corrected chi connectivity index (χ1v) is 20.2. The van der Waals surface area contributed by atoms with E-state index in [0.29, 0.717) is 0 Å². The van der Waals surface area contributed by atoms with Gasteiger partial charge in [0.15, 0.2) is 0 Å². The van der Waals surface area contributed by atoms with E-state index < -0.39 is 0 Å².